The normalized spacial score (nSPS) is 11.5. The van der Waals surface area contributed by atoms with Crippen molar-refractivity contribution >= 4 is 27.5 Å². The third-order valence-corrected chi connectivity index (χ3v) is 7.40. The lowest BCUT2D eigenvalue weighted by atomic mass is 9.75. The number of aryl methyl sites for hydroxylation is 4. The number of nitrogens with zero attached hydrogens (tertiary/aromatic N) is 1. The van der Waals surface area contributed by atoms with Crippen LogP contribution in [0.3, 0.4) is 0 Å². The molecule has 0 saturated heterocycles. The quantitative estimate of drug-likeness (QED) is 0.291. The second kappa shape index (κ2) is 11.1. The first kappa shape index (κ1) is 25.8. The standard InChI is InChI=1S/C17H21N3.C14H22/c1-6-13-19-16-11(4)15(18-5)14-10(3)9(2)7-8-12(14)17(16)20-13;1-4-11-14(3,12-5-2)13-9-7-6-8-10-13/h7-8,18H,6H2,1-5H3,(H,19,20);6-10H,4-5,11-12H2,1-3H3. The fourth-order valence-electron chi connectivity index (χ4n) is 5.38. The Hall–Kier alpha value is -2.81. The first-order valence-corrected chi connectivity index (χ1v) is 13.0. The summed E-state index contributed by atoms with van der Waals surface area (Å²) in [5.74, 6) is 1.05. The molecular weight excluding hydrogens is 414 g/mol. The number of H-pyrrole nitrogens is 1. The molecule has 0 amide bonds. The predicted molar refractivity (Wildman–Crippen MR) is 150 cm³/mol. The zero-order valence-electron chi connectivity index (χ0n) is 22.5. The fourth-order valence-corrected chi connectivity index (χ4v) is 5.38. The van der Waals surface area contributed by atoms with Crippen molar-refractivity contribution in [2.75, 3.05) is 12.4 Å². The van der Waals surface area contributed by atoms with E-state index in [0.29, 0.717) is 5.41 Å². The van der Waals surface area contributed by atoms with Gasteiger partial charge in [-0.2, -0.15) is 0 Å². The molecule has 3 nitrogen and oxygen atoms in total. The summed E-state index contributed by atoms with van der Waals surface area (Å²) in [5.41, 5.74) is 9.22. The van der Waals surface area contributed by atoms with E-state index in [1.165, 1.54) is 64.4 Å². The highest BCUT2D eigenvalue weighted by Crippen LogP contribution is 2.37. The summed E-state index contributed by atoms with van der Waals surface area (Å²) < 4.78 is 0. The third kappa shape index (κ3) is 4.99. The van der Waals surface area contributed by atoms with Gasteiger partial charge in [-0.25, -0.2) is 4.98 Å². The number of anilines is 1. The van der Waals surface area contributed by atoms with Crippen LogP contribution in [0, 0.1) is 20.8 Å². The summed E-state index contributed by atoms with van der Waals surface area (Å²) >= 11 is 0. The van der Waals surface area contributed by atoms with Crippen LogP contribution in [0.2, 0.25) is 0 Å². The molecule has 0 saturated carbocycles. The number of hydrogen-bond acceptors (Lipinski definition) is 2. The van der Waals surface area contributed by atoms with Gasteiger partial charge in [-0.15, -0.1) is 0 Å². The first-order valence-electron chi connectivity index (χ1n) is 13.0. The number of rotatable bonds is 7. The van der Waals surface area contributed by atoms with E-state index in [-0.39, 0.29) is 0 Å². The Morgan fingerprint density at radius 2 is 1.53 bits per heavy atom. The Kier molecular flexibility index (Phi) is 8.41. The highest BCUT2D eigenvalue weighted by atomic mass is 14.9. The summed E-state index contributed by atoms with van der Waals surface area (Å²) in [5, 5.41) is 5.94. The average Bonchev–Trinajstić information content (AvgIpc) is 3.28. The third-order valence-electron chi connectivity index (χ3n) is 7.40. The molecule has 0 fully saturated rings. The van der Waals surface area contributed by atoms with Crippen LogP contribution < -0.4 is 5.32 Å². The van der Waals surface area contributed by atoms with Crippen molar-refractivity contribution in [2.24, 2.45) is 0 Å². The van der Waals surface area contributed by atoms with Crippen molar-refractivity contribution in [3.8, 4) is 0 Å². The maximum atomic E-state index is 4.75. The Morgan fingerprint density at radius 3 is 2.09 bits per heavy atom. The Balaban J connectivity index is 0.000000204. The molecule has 2 N–H and O–H groups in total. The van der Waals surface area contributed by atoms with Crippen molar-refractivity contribution in [3.63, 3.8) is 0 Å². The number of imidazole rings is 1. The van der Waals surface area contributed by atoms with E-state index in [4.69, 9.17) is 4.98 Å². The number of hydrogen-bond donors (Lipinski definition) is 2. The van der Waals surface area contributed by atoms with E-state index in [1.807, 2.05) is 7.05 Å². The molecule has 1 aromatic heterocycles. The maximum absolute atomic E-state index is 4.75. The lowest BCUT2D eigenvalue weighted by Gasteiger charge is -2.29. The van der Waals surface area contributed by atoms with Crippen molar-refractivity contribution in [1.29, 1.82) is 0 Å². The van der Waals surface area contributed by atoms with E-state index in [9.17, 15) is 0 Å². The van der Waals surface area contributed by atoms with E-state index < -0.39 is 0 Å². The number of nitrogens with one attached hydrogen (secondary N) is 2. The Morgan fingerprint density at radius 1 is 0.882 bits per heavy atom. The second-order valence-electron chi connectivity index (χ2n) is 9.87. The van der Waals surface area contributed by atoms with E-state index in [1.54, 1.807) is 0 Å². The van der Waals surface area contributed by atoms with Crippen molar-refractivity contribution in [1.82, 2.24) is 9.97 Å². The fraction of sp³-hybridized carbons (Fsp3) is 0.452. The largest absolute Gasteiger partial charge is 0.387 e. The van der Waals surface area contributed by atoms with E-state index in [0.717, 1.165) is 23.3 Å². The van der Waals surface area contributed by atoms with Crippen LogP contribution in [-0.2, 0) is 11.8 Å². The molecule has 34 heavy (non-hydrogen) atoms. The summed E-state index contributed by atoms with van der Waals surface area (Å²) in [6, 6.07) is 15.3. The van der Waals surface area contributed by atoms with Gasteiger partial charge in [-0.05, 0) is 55.7 Å². The van der Waals surface area contributed by atoms with Crippen LogP contribution in [0.4, 0.5) is 5.69 Å². The summed E-state index contributed by atoms with van der Waals surface area (Å²) in [6.07, 6.45) is 6.06. The topological polar surface area (TPSA) is 40.7 Å². The van der Waals surface area contributed by atoms with Gasteiger partial charge < -0.3 is 10.3 Å². The SMILES string of the molecule is CCCC(C)(CCC)c1ccccc1.CCc1nc2c(C)c(NC)c3c(C)c(C)ccc3c2[nH]1. The minimum Gasteiger partial charge on any atom is -0.387 e. The predicted octanol–water partition coefficient (Wildman–Crippen LogP) is 8.79. The Bertz CT molecular complexity index is 1230. The number of aromatic amines is 1. The van der Waals surface area contributed by atoms with Gasteiger partial charge in [0.2, 0.25) is 0 Å². The van der Waals surface area contributed by atoms with Crippen LogP contribution in [0.5, 0.6) is 0 Å². The van der Waals surface area contributed by atoms with Gasteiger partial charge in [0.05, 0.1) is 11.0 Å². The minimum absolute atomic E-state index is 0.394. The molecule has 4 aromatic rings. The van der Waals surface area contributed by atoms with Gasteiger partial charge in [0, 0.05) is 35.5 Å². The molecule has 0 radical (unpaired) electrons. The molecule has 0 aliphatic heterocycles. The zero-order chi connectivity index (χ0) is 24.9. The van der Waals surface area contributed by atoms with Crippen molar-refractivity contribution < 1.29 is 0 Å². The highest BCUT2D eigenvalue weighted by molar-refractivity contribution is 6.13. The number of benzene rings is 3. The molecule has 3 heteroatoms. The lowest BCUT2D eigenvalue weighted by Crippen LogP contribution is -2.21. The van der Waals surface area contributed by atoms with E-state index >= 15 is 0 Å². The summed E-state index contributed by atoms with van der Waals surface area (Å²) in [4.78, 5) is 8.23. The van der Waals surface area contributed by atoms with E-state index in [2.05, 4.69) is 101 Å². The van der Waals surface area contributed by atoms with Crippen LogP contribution in [0.25, 0.3) is 21.8 Å². The molecule has 0 atom stereocenters. The first-order chi connectivity index (χ1) is 16.3. The van der Waals surface area contributed by atoms with Crippen molar-refractivity contribution in [2.45, 2.75) is 86.0 Å². The second-order valence-corrected chi connectivity index (χ2v) is 9.87. The molecule has 1 heterocycles. The molecule has 0 unspecified atom stereocenters. The van der Waals surface area contributed by atoms with Crippen LogP contribution in [0.1, 0.15) is 81.5 Å². The van der Waals surface area contributed by atoms with Crippen LogP contribution in [-0.4, -0.2) is 17.0 Å². The monoisotopic (exact) mass is 457 g/mol. The number of aromatic nitrogens is 2. The molecule has 3 aromatic carbocycles. The van der Waals surface area contributed by atoms with Crippen LogP contribution in [0.15, 0.2) is 42.5 Å². The van der Waals surface area contributed by atoms with Gasteiger partial charge >= 0.3 is 0 Å². The summed E-state index contributed by atoms with van der Waals surface area (Å²) in [7, 11) is 1.99. The minimum atomic E-state index is 0.394. The number of fused-ring (bicyclic) bond motifs is 3. The smallest absolute Gasteiger partial charge is 0.106 e. The van der Waals surface area contributed by atoms with Crippen molar-refractivity contribution in [3.05, 3.63) is 70.5 Å². The van der Waals surface area contributed by atoms with Gasteiger partial charge in [-0.1, -0.05) is 83.0 Å². The Labute approximate surface area is 206 Å². The van der Waals surface area contributed by atoms with Crippen LogP contribution >= 0.6 is 0 Å². The molecule has 4 rings (SSSR count). The molecule has 0 aliphatic carbocycles. The average molecular weight is 458 g/mol. The molecule has 0 bridgehead atoms. The zero-order valence-corrected chi connectivity index (χ0v) is 22.5. The highest BCUT2D eigenvalue weighted by Gasteiger charge is 2.23. The summed E-state index contributed by atoms with van der Waals surface area (Å²) in [6.45, 7) is 15.6. The molecular formula is C31H43N3. The maximum Gasteiger partial charge on any atom is 0.106 e. The molecule has 182 valence electrons. The van der Waals surface area contributed by atoms with Gasteiger partial charge in [-0.3, -0.25) is 0 Å². The van der Waals surface area contributed by atoms with Gasteiger partial charge in [0.1, 0.15) is 5.82 Å². The lowest BCUT2D eigenvalue weighted by molar-refractivity contribution is 0.392. The van der Waals surface area contributed by atoms with Gasteiger partial charge in [0.25, 0.3) is 0 Å². The molecule has 0 aliphatic rings. The van der Waals surface area contributed by atoms with Gasteiger partial charge in [0.15, 0.2) is 0 Å². The molecule has 0 spiro atoms.